The predicted octanol–water partition coefficient (Wildman–Crippen LogP) is 4.26. The van der Waals surface area contributed by atoms with Crippen molar-refractivity contribution in [3.8, 4) is 0 Å². The molecule has 3 aromatic carbocycles. The molecule has 0 aliphatic rings. The summed E-state index contributed by atoms with van der Waals surface area (Å²) in [4.78, 5) is 4.71. The largest absolute Gasteiger partial charge is 0.386 e. The average molecular weight is 301 g/mol. The minimum atomic E-state index is -0.598. The van der Waals surface area contributed by atoms with E-state index in [1.165, 1.54) is 0 Å². The number of aliphatic hydroxyl groups excluding tert-OH is 1. The molecule has 0 saturated carbocycles. The van der Waals surface area contributed by atoms with Gasteiger partial charge in [-0.15, -0.1) is 0 Å². The number of hydrogen-bond donors (Lipinski definition) is 1. The van der Waals surface area contributed by atoms with Crippen LogP contribution in [0.25, 0.3) is 0 Å². The van der Waals surface area contributed by atoms with E-state index in [0.717, 1.165) is 22.4 Å². The van der Waals surface area contributed by atoms with Gasteiger partial charge in [-0.2, -0.15) is 0 Å². The third kappa shape index (κ3) is 3.93. The predicted molar refractivity (Wildman–Crippen MR) is 94.8 cm³/mol. The van der Waals surface area contributed by atoms with E-state index in [1.807, 2.05) is 91.0 Å². The SMILES string of the molecule is O[C@H](CN=C(c1ccccc1)c1ccccc1)c1ccccc1. The van der Waals surface area contributed by atoms with Crippen molar-refractivity contribution < 1.29 is 5.11 Å². The quantitative estimate of drug-likeness (QED) is 0.702. The van der Waals surface area contributed by atoms with Crippen molar-refractivity contribution in [2.45, 2.75) is 6.10 Å². The molecule has 1 N–H and O–H groups in total. The summed E-state index contributed by atoms with van der Waals surface area (Å²) < 4.78 is 0. The first-order valence-electron chi connectivity index (χ1n) is 7.73. The standard InChI is InChI=1S/C21H19NO/c23-20(17-10-4-1-5-11-17)16-22-21(18-12-6-2-7-13-18)19-14-8-3-9-15-19/h1-15,20,23H,16H2/t20-/m1/s1. The van der Waals surface area contributed by atoms with Crippen molar-refractivity contribution in [2.24, 2.45) is 4.99 Å². The Morgan fingerprint density at radius 1 is 0.696 bits per heavy atom. The number of rotatable bonds is 5. The molecule has 0 saturated heterocycles. The first-order valence-corrected chi connectivity index (χ1v) is 7.73. The summed E-state index contributed by atoms with van der Waals surface area (Å²) >= 11 is 0. The molecule has 2 heteroatoms. The van der Waals surface area contributed by atoms with Gasteiger partial charge in [0.05, 0.1) is 18.4 Å². The molecule has 0 bridgehead atoms. The molecular weight excluding hydrogens is 282 g/mol. The van der Waals surface area contributed by atoms with Gasteiger partial charge < -0.3 is 5.11 Å². The Labute approximate surface area is 136 Å². The Kier molecular flexibility index (Phi) is 4.97. The van der Waals surface area contributed by atoms with Gasteiger partial charge in [0, 0.05) is 11.1 Å². The Hall–Kier alpha value is -2.71. The first kappa shape index (κ1) is 15.2. The Morgan fingerprint density at radius 3 is 1.61 bits per heavy atom. The zero-order valence-electron chi connectivity index (χ0n) is 12.8. The molecule has 0 unspecified atom stereocenters. The van der Waals surface area contributed by atoms with Crippen molar-refractivity contribution in [2.75, 3.05) is 6.54 Å². The fourth-order valence-corrected chi connectivity index (χ4v) is 2.50. The second-order valence-corrected chi connectivity index (χ2v) is 5.35. The fourth-order valence-electron chi connectivity index (χ4n) is 2.50. The van der Waals surface area contributed by atoms with Crippen molar-refractivity contribution in [3.05, 3.63) is 108 Å². The van der Waals surface area contributed by atoms with Crippen LogP contribution in [0.3, 0.4) is 0 Å². The number of nitrogens with zero attached hydrogens (tertiary/aromatic N) is 1. The summed E-state index contributed by atoms with van der Waals surface area (Å²) in [6.07, 6.45) is -0.598. The van der Waals surface area contributed by atoms with E-state index in [-0.39, 0.29) is 0 Å². The number of benzene rings is 3. The molecule has 0 heterocycles. The molecule has 0 amide bonds. The maximum absolute atomic E-state index is 10.4. The smallest absolute Gasteiger partial charge is 0.0985 e. The molecule has 0 aromatic heterocycles. The van der Waals surface area contributed by atoms with E-state index in [1.54, 1.807) is 0 Å². The molecule has 1 atom stereocenters. The van der Waals surface area contributed by atoms with Crippen LogP contribution in [0.15, 0.2) is 96.0 Å². The van der Waals surface area contributed by atoms with Gasteiger partial charge in [0.1, 0.15) is 0 Å². The third-order valence-corrected chi connectivity index (χ3v) is 3.70. The molecular formula is C21H19NO. The van der Waals surface area contributed by atoms with Gasteiger partial charge in [0.15, 0.2) is 0 Å². The van der Waals surface area contributed by atoms with E-state index in [4.69, 9.17) is 4.99 Å². The van der Waals surface area contributed by atoms with Crippen molar-refractivity contribution in [1.82, 2.24) is 0 Å². The molecule has 0 radical (unpaired) electrons. The lowest BCUT2D eigenvalue weighted by atomic mass is 10.0. The van der Waals surface area contributed by atoms with E-state index < -0.39 is 6.10 Å². The minimum absolute atomic E-state index is 0.336. The highest BCUT2D eigenvalue weighted by Gasteiger charge is 2.09. The van der Waals surface area contributed by atoms with Gasteiger partial charge >= 0.3 is 0 Å². The molecule has 0 spiro atoms. The second-order valence-electron chi connectivity index (χ2n) is 5.35. The van der Waals surface area contributed by atoms with Crippen molar-refractivity contribution in [1.29, 1.82) is 0 Å². The summed E-state index contributed by atoms with van der Waals surface area (Å²) in [6, 6.07) is 29.8. The van der Waals surface area contributed by atoms with E-state index in [0.29, 0.717) is 6.54 Å². The second kappa shape index (κ2) is 7.52. The highest BCUT2D eigenvalue weighted by molar-refractivity contribution is 6.12. The van der Waals surface area contributed by atoms with Crippen LogP contribution in [-0.2, 0) is 0 Å². The van der Waals surface area contributed by atoms with Gasteiger partial charge in [0.2, 0.25) is 0 Å². The first-order chi connectivity index (χ1) is 11.3. The highest BCUT2D eigenvalue weighted by Crippen LogP contribution is 2.15. The van der Waals surface area contributed by atoms with Crippen LogP contribution in [0.5, 0.6) is 0 Å². The number of aliphatic hydroxyl groups is 1. The van der Waals surface area contributed by atoms with Gasteiger partial charge in [-0.1, -0.05) is 91.0 Å². The van der Waals surface area contributed by atoms with Crippen LogP contribution in [0.2, 0.25) is 0 Å². The minimum Gasteiger partial charge on any atom is -0.386 e. The van der Waals surface area contributed by atoms with Crippen LogP contribution in [0.1, 0.15) is 22.8 Å². The molecule has 0 fully saturated rings. The topological polar surface area (TPSA) is 32.6 Å². The zero-order valence-corrected chi connectivity index (χ0v) is 12.8. The normalized spacial score (nSPS) is 11.7. The van der Waals surface area contributed by atoms with Gasteiger partial charge in [-0.3, -0.25) is 4.99 Å². The highest BCUT2D eigenvalue weighted by atomic mass is 16.3. The summed E-state index contributed by atoms with van der Waals surface area (Å²) in [5.74, 6) is 0. The van der Waals surface area contributed by atoms with Crippen LogP contribution >= 0.6 is 0 Å². The monoisotopic (exact) mass is 301 g/mol. The summed E-state index contributed by atoms with van der Waals surface area (Å²) in [5, 5.41) is 10.4. The maximum atomic E-state index is 10.4. The van der Waals surface area contributed by atoms with Gasteiger partial charge in [-0.05, 0) is 5.56 Å². The van der Waals surface area contributed by atoms with Crippen LogP contribution in [-0.4, -0.2) is 17.4 Å². The summed E-state index contributed by atoms with van der Waals surface area (Å²) in [6.45, 7) is 0.336. The number of aliphatic imine (C=N–C) groups is 1. The Balaban J connectivity index is 1.90. The van der Waals surface area contributed by atoms with Crippen molar-refractivity contribution >= 4 is 5.71 Å². The van der Waals surface area contributed by atoms with E-state index in [9.17, 15) is 5.11 Å². The molecule has 2 nitrogen and oxygen atoms in total. The third-order valence-electron chi connectivity index (χ3n) is 3.70. The molecule has 0 aliphatic carbocycles. The lowest BCUT2D eigenvalue weighted by Crippen LogP contribution is -2.08. The van der Waals surface area contributed by atoms with Crippen LogP contribution < -0.4 is 0 Å². The fraction of sp³-hybridized carbons (Fsp3) is 0.0952. The molecule has 23 heavy (non-hydrogen) atoms. The maximum Gasteiger partial charge on any atom is 0.0985 e. The molecule has 114 valence electrons. The molecule has 3 rings (SSSR count). The summed E-state index contributed by atoms with van der Waals surface area (Å²) in [7, 11) is 0. The molecule has 3 aromatic rings. The van der Waals surface area contributed by atoms with Gasteiger partial charge in [0.25, 0.3) is 0 Å². The lowest BCUT2D eigenvalue weighted by molar-refractivity contribution is 0.187. The summed E-state index contributed by atoms with van der Waals surface area (Å²) in [5.41, 5.74) is 3.90. The molecule has 0 aliphatic heterocycles. The Morgan fingerprint density at radius 2 is 1.13 bits per heavy atom. The van der Waals surface area contributed by atoms with Gasteiger partial charge in [-0.25, -0.2) is 0 Å². The van der Waals surface area contributed by atoms with Crippen LogP contribution in [0, 0.1) is 0 Å². The Bertz CT molecular complexity index is 710. The van der Waals surface area contributed by atoms with E-state index >= 15 is 0 Å². The van der Waals surface area contributed by atoms with Crippen molar-refractivity contribution in [3.63, 3.8) is 0 Å². The van der Waals surface area contributed by atoms with E-state index in [2.05, 4.69) is 0 Å². The zero-order chi connectivity index (χ0) is 15.9. The average Bonchev–Trinajstić information content (AvgIpc) is 2.64. The van der Waals surface area contributed by atoms with Crippen LogP contribution in [0.4, 0.5) is 0 Å². The lowest BCUT2D eigenvalue weighted by Gasteiger charge is -2.11. The number of hydrogen-bond acceptors (Lipinski definition) is 2.